The zero-order valence-electron chi connectivity index (χ0n) is 14.5. The molecule has 3 atom stereocenters. The van der Waals surface area contributed by atoms with Gasteiger partial charge in [0.25, 0.3) is 0 Å². The molecule has 1 saturated heterocycles. The van der Waals surface area contributed by atoms with Crippen molar-refractivity contribution in [2.75, 3.05) is 20.3 Å². The van der Waals surface area contributed by atoms with Gasteiger partial charge < -0.3 is 14.9 Å². The Morgan fingerprint density at radius 2 is 1.92 bits per heavy atom. The van der Waals surface area contributed by atoms with Crippen molar-refractivity contribution < 1.29 is 14.9 Å². The van der Waals surface area contributed by atoms with Gasteiger partial charge in [0.05, 0.1) is 25.9 Å². The molecule has 1 fully saturated rings. The predicted octanol–water partition coefficient (Wildman–Crippen LogP) is 2.98. The van der Waals surface area contributed by atoms with Crippen LogP contribution in [0.5, 0.6) is 5.75 Å². The van der Waals surface area contributed by atoms with Crippen LogP contribution in [-0.4, -0.2) is 47.5 Å². The van der Waals surface area contributed by atoms with Gasteiger partial charge in [-0.25, -0.2) is 0 Å². The summed E-state index contributed by atoms with van der Waals surface area (Å²) in [6.07, 6.45) is -0.623. The lowest BCUT2D eigenvalue weighted by Crippen LogP contribution is -2.38. The Hall–Kier alpha value is -1.59. The van der Waals surface area contributed by atoms with Crippen molar-refractivity contribution in [1.82, 2.24) is 4.90 Å². The molecule has 0 spiro atoms. The number of halogens is 1. The van der Waals surface area contributed by atoms with Crippen LogP contribution in [0.1, 0.15) is 22.6 Å². The van der Waals surface area contributed by atoms with Gasteiger partial charge in [-0.2, -0.15) is 0 Å². The molecule has 0 bridgehead atoms. The second-order valence-electron chi connectivity index (χ2n) is 6.64. The summed E-state index contributed by atoms with van der Waals surface area (Å²) in [4.78, 5) is 2.12. The molecule has 0 amide bonds. The van der Waals surface area contributed by atoms with E-state index in [1.807, 2.05) is 43.3 Å². The fourth-order valence-electron chi connectivity index (χ4n) is 3.60. The Morgan fingerprint density at radius 3 is 2.56 bits per heavy atom. The van der Waals surface area contributed by atoms with Gasteiger partial charge in [-0.15, -0.1) is 0 Å². The Bertz CT molecular complexity index is 719. The first-order valence-corrected chi connectivity index (χ1v) is 8.83. The van der Waals surface area contributed by atoms with Crippen LogP contribution >= 0.6 is 11.6 Å². The van der Waals surface area contributed by atoms with Crippen molar-refractivity contribution in [3.63, 3.8) is 0 Å². The highest BCUT2D eigenvalue weighted by molar-refractivity contribution is 6.30. The number of aliphatic hydroxyl groups is 2. The van der Waals surface area contributed by atoms with Crippen molar-refractivity contribution in [1.29, 1.82) is 0 Å². The number of methoxy groups -OCH3 is 1. The third kappa shape index (κ3) is 3.82. The summed E-state index contributed by atoms with van der Waals surface area (Å²) in [5, 5.41) is 21.2. The molecule has 1 aliphatic rings. The fraction of sp³-hybridized carbons (Fsp3) is 0.400. The Labute approximate surface area is 153 Å². The van der Waals surface area contributed by atoms with Crippen molar-refractivity contribution in [2.24, 2.45) is 0 Å². The van der Waals surface area contributed by atoms with E-state index in [2.05, 4.69) is 11.0 Å². The number of aryl methyl sites for hydroxylation is 1. The molecule has 5 heteroatoms. The number of hydrogen-bond donors (Lipinski definition) is 2. The monoisotopic (exact) mass is 361 g/mol. The standard InChI is InChI=1S/C20H24ClNO3/c1-13-3-4-15(19(9-13)25-2)10-22-11-17(20(24)18(22)12-23)14-5-7-16(21)8-6-14/h3-9,17-18,20,23-24H,10-12H2,1-2H3/t17-,18-,20-/m1/s1. The van der Waals surface area contributed by atoms with Crippen molar-refractivity contribution in [3.8, 4) is 5.75 Å². The molecule has 134 valence electrons. The second kappa shape index (κ2) is 7.75. The van der Waals surface area contributed by atoms with E-state index in [1.165, 1.54) is 0 Å². The highest BCUT2D eigenvalue weighted by atomic mass is 35.5. The van der Waals surface area contributed by atoms with Gasteiger partial charge in [-0.1, -0.05) is 35.9 Å². The van der Waals surface area contributed by atoms with E-state index in [-0.39, 0.29) is 18.6 Å². The molecule has 0 unspecified atom stereocenters. The number of benzene rings is 2. The molecule has 1 aliphatic heterocycles. The van der Waals surface area contributed by atoms with Gasteiger partial charge in [0.1, 0.15) is 5.75 Å². The van der Waals surface area contributed by atoms with Crippen LogP contribution in [0.25, 0.3) is 0 Å². The molecule has 0 radical (unpaired) electrons. The zero-order chi connectivity index (χ0) is 18.0. The lowest BCUT2D eigenvalue weighted by atomic mass is 9.94. The van der Waals surface area contributed by atoms with Crippen LogP contribution in [0.15, 0.2) is 42.5 Å². The molecular weight excluding hydrogens is 338 g/mol. The molecule has 2 N–H and O–H groups in total. The van der Waals surface area contributed by atoms with E-state index < -0.39 is 6.10 Å². The lowest BCUT2D eigenvalue weighted by molar-refractivity contribution is 0.0638. The SMILES string of the molecule is COc1cc(C)ccc1CN1C[C@H](c2ccc(Cl)cc2)[C@@H](O)[C@H]1CO. The molecule has 2 aromatic rings. The number of ether oxygens (including phenoxy) is 1. The van der Waals surface area contributed by atoms with E-state index in [0.717, 1.165) is 22.4 Å². The molecule has 25 heavy (non-hydrogen) atoms. The zero-order valence-corrected chi connectivity index (χ0v) is 15.3. The van der Waals surface area contributed by atoms with Crippen LogP contribution in [0.4, 0.5) is 0 Å². The number of nitrogens with zero attached hydrogens (tertiary/aromatic N) is 1. The maximum atomic E-state index is 10.7. The van der Waals surface area contributed by atoms with E-state index in [0.29, 0.717) is 18.1 Å². The minimum atomic E-state index is -0.623. The summed E-state index contributed by atoms with van der Waals surface area (Å²) in [5.74, 6) is 0.784. The average molecular weight is 362 g/mol. The Balaban J connectivity index is 1.83. The molecule has 3 rings (SSSR count). The molecule has 0 saturated carbocycles. The molecule has 1 heterocycles. The third-order valence-electron chi connectivity index (χ3n) is 5.01. The summed E-state index contributed by atoms with van der Waals surface area (Å²) >= 11 is 5.97. The Kier molecular flexibility index (Phi) is 5.64. The van der Waals surface area contributed by atoms with Gasteiger partial charge in [-0.3, -0.25) is 4.90 Å². The summed E-state index contributed by atoms with van der Waals surface area (Å²) < 4.78 is 5.49. The van der Waals surface area contributed by atoms with E-state index >= 15 is 0 Å². The Morgan fingerprint density at radius 1 is 1.20 bits per heavy atom. The highest BCUT2D eigenvalue weighted by Gasteiger charge is 2.41. The van der Waals surface area contributed by atoms with E-state index in [1.54, 1.807) is 7.11 Å². The average Bonchev–Trinajstić information content (AvgIpc) is 2.92. The molecule has 2 aromatic carbocycles. The largest absolute Gasteiger partial charge is 0.496 e. The predicted molar refractivity (Wildman–Crippen MR) is 99.2 cm³/mol. The van der Waals surface area contributed by atoms with Gasteiger partial charge >= 0.3 is 0 Å². The van der Waals surface area contributed by atoms with Crippen molar-refractivity contribution in [3.05, 3.63) is 64.2 Å². The second-order valence-corrected chi connectivity index (χ2v) is 7.08. The summed E-state index contributed by atoms with van der Waals surface area (Å²) in [5.41, 5.74) is 3.23. The maximum Gasteiger partial charge on any atom is 0.123 e. The quantitative estimate of drug-likeness (QED) is 0.859. The topological polar surface area (TPSA) is 52.9 Å². The number of aliphatic hydroxyl groups excluding tert-OH is 2. The van der Waals surface area contributed by atoms with Crippen LogP contribution in [-0.2, 0) is 6.54 Å². The van der Waals surface area contributed by atoms with Gasteiger partial charge in [-0.05, 0) is 36.2 Å². The first kappa shape index (κ1) is 18.2. The maximum absolute atomic E-state index is 10.7. The highest BCUT2D eigenvalue weighted by Crippen LogP contribution is 2.34. The summed E-state index contributed by atoms with van der Waals surface area (Å²) in [6, 6.07) is 13.4. The van der Waals surface area contributed by atoms with Crippen LogP contribution in [0.2, 0.25) is 5.02 Å². The van der Waals surface area contributed by atoms with E-state index in [4.69, 9.17) is 16.3 Å². The number of rotatable bonds is 5. The van der Waals surface area contributed by atoms with Crippen molar-refractivity contribution in [2.45, 2.75) is 31.5 Å². The van der Waals surface area contributed by atoms with Crippen LogP contribution in [0, 0.1) is 6.92 Å². The van der Waals surface area contributed by atoms with Crippen LogP contribution in [0.3, 0.4) is 0 Å². The summed E-state index contributed by atoms with van der Waals surface area (Å²) in [6.45, 7) is 3.24. The first-order valence-electron chi connectivity index (χ1n) is 8.45. The van der Waals surface area contributed by atoms with Gasteiger partial charge in [0.15, 0.2) is 0 Å². The number of hydrogen-bond acceptors (Lipinski definition) is 4. The third-order valence-corrected chi connectivity index (χ3v) is 5.26. The molecular formula is C20H24ClNO3. The van der Waals surface area contributed by atoms with Gasteiger partial charge in [0, 0.05) is 29.6 Å². The molecule has 0 aromatic heterocycles. The minimum Gasteiger partial charge on any atom is -0.496 e. The normalized spacial score (nSPS) is 23.8. The molecule has 4 nitrogen and oxygen atoms in total. The smallest absolute Gasteiger partial charge is 0.123 e. The summed E-state index contributed by atoms with van der Waals surface area (Å²) in [7, 11) is 1.66. The number of likely N-dealkylation sites (tertiary alicyclic amines) is 1. The first-order chi connectivity index (χ1) is 12.0. The van der Waals surface area contributed by atoms with Crippen LogP contribution < -0.4 is 4.74 Å². The minimum absolute atomic E-state index is 0.0501. The molecule has 0 aliphatic carbocycles. The fourth-order valence-corrected chi connectivity index (χ4v) is 3.73. The van der Waals surface area contributed by atoms with E-state index in [9.17, 15) is 10.2 Å². The lowest BCUT2D eigenvalue weighted by Gasteiger charge is -2.25. The van der Waals surface area contributed by atoms with Crippen molar-refractivity contribution >= 4 is 11.6 Å². The van der Waals surface area contributed by atoms with Gasteiger partial charge in [0.2, 0.25) is 0 Å².